The number of hydrogen-bond donors (Lipinski definition) is 0. The third kappa shape index (κ3) is 33.6. The first-order valence-corrected chi connectivity index (χ1v) is 9.67. The summed E-state index contributed by atoms with van der Waals surface area (Å²) in [7, 11) is -5.84. The van der Waals surface area contributed by atoms with Gasteiger partial charge in [0.25, 0.3) is 0 Å². The Balaban J connectivity index is -0.000000295. The first kappa shape index (κ1) is 26.7. The van der Waals surface area contributed by atoms with E-state index in [1.54, 1.807) is 0 Å². The molecule has 0 spiro atoms. The first-order chi connectivity index (χ1) is 9.54. The molecule has 0 bridgehead atoms. The van der Waals surface area contributed by atoms with Crippen molar-refractivity contribution in [2.24, 2.45) is 0 Å². The van der Waals surface area contributed by atoms with Crippen molar-refractivity contribution in [3.05, 3.63) is 0 Å². The molecule has 0 aliphatic carbocycles. The van der Waals surface area contributed by atoms with Gasteiger partial charge in [-0.15, -0.1) is 0 Å². The summed E-state index contributed by atoms with van der Waals surface area (Å²) in [5.41, 5.74) is 0. The van der Waals surface area contributed by atoms with Crippen LogP contribution in [-0.4, -0.2) is 13.2 Å². The molecule has 0 radical (unpaired) electrons. The van der Waals surface area contributed by atoms with E-state index < -0.39 is 16.5 Å². The van der Waals surface area contributed by atoms with E-state index in [4.69, 9.17) is 0 Å². The van der Waals surface area contributed by atoms with Gasteiger partial charge >= 0.3 is 16.5 Å². The summed E-state index contributed by atoms with van der Waals surface area (Å²) in [5, 5.41) is 0. The van der Waals surface area contributed by atoms with Gasteiger partial charge in [-0.2, -0.15) is 0 Å². The Bertz CT molecular complexity index is 220. The SMILES string of the molecule is CCCCCCO[PH](=O)[O-].CCCCCCO[PH](=O)[O-].[Ni+2]. The molecule has 132 valence electrons. The molecule has 0 aromatic heterocycles. The fourth-order valence-electron chi connectivity index (χ4n) is 1.37. The van der Waals surface area contributed by atoms with Crippen molar-refractivity contribution in [1.29, 1.82) is 0 Å². The van der Waals surface area contributed by atoms with Crippen molar-refractivity contribution in [2.45, 2.75) is 65.2 Å². The van der Waals surface area contributed by atoms with Gasteiger partial charge in [0.05, 0.1) is 13.2 Å². The average Bonchev–Trinajstić information content (AvgIpc) is 2.38. The molecule has 2 atom stereocenters. The number of unbranched alkanes of at least 4 members (excludes halogenated alkanes) is 6. The molecule has 0 aromatic carbocycles. The monoisotopic (exact) mass is 388 g/mol. The molecule has 0 saturated carbocycles. The van der Waals surface area contributed by atoms with Gasteiger partial charge in [0, 0.05) is 0 Å². The van der Waals surface area contributed by atoms with Crippen LogP contribution in [0.4, 0.5) is 0 Å². The van der Waals surface area contributed by atoms with Crippen LogP contribution in [0.15, 0.2) is 0 Å². The Morgan fingerprint density at radius 2 is 1.05 bits per heavy atom. The van der Waals surface area contributed by atoms with E-state index >= 15 is 0 Å². The van der Waals surface area contributed by atoms with Gasteiger partial charge in [0.1, 0.15) is 16.5 Å². The Morgan fingerprint density at radius 1 is 0.714 bits per heavy atom. The van der Waals surface area contributed by atoms with Crippen LogP contribution >= 0.6 is 16.5 Å². The zero-order valence-electron chi connectivity index (χ0n) is 12.8. The van der Waals surface area contributed by atoms with E-state index in [1.165, 1.54) is 0 Å². The molecule has 0 heterocycles. The van der Waals surface area contributed by atoms with Crippen LogP contribution in [-0.2, 0) is 34.7 Å². The van der Waals surface area contributed by atoms with Crippen molar-refractivity contribution in [3.63, 3.8) is 0 Å². The summed E-state index contributed by atoms with van der Waals surface area (Å²) in [6, 6.07) is 0. The Labute approximate surface area is 139 Å². The Hall–Kier alpha value is 0.794. The van der Waals surface area contributed by atoms with Crippen LogP contribution in [0.1, 0.15) is 65.2 Å². The van der Waals surface area contributed by atoms with E-state index in [0.717, 1.165) is 51.4 Å². The molecule has 0 aliphatic heterocycles. The molecule has 21 heavy (non-hydrogen) atoms. The summed E-state index contributed by atoms with van der Waals surface area (Å²) < 4.78 is 28.5. The van der Waals surface area contributed by atoms with Crippen molar-refractivity contribution >= 4 is 16.5 Å². The largest absolute Gasteiger partial charge is 2.00 e. The molecule has 9 heteroatoms. The van der Waals surface area contributed by atoms with Gasteiger partial charge in [0.15, 0.2) is 0 Å². The first-order valence-electron chi connectivity index (χ1n) is 7.22. The quantitative estimate of drug-likeness (QED) is 0.289. The summed E-state index contributed by atoms with van der Waals surface area (Å²) >= 11 is 0. The van der Waals surface area contributed by atoms with Gasteiger partial charge in [0.2, 0.25) is 0 Å². The minimum atomic E-state index is -2.92. The average molecular weight is 389 g/mol. The maximum atomic E-state index is 9.88. The van der Waals surface area contributed by atoms with Crippen LogP contribution < -0.4 is 9.79 Å². The summed E-state index contributed by atoms with van der Waals surface area (Å²) in [5.74, 6) is 0. The van der Waals surface area contributed by atoms with E-state index in [0.29, 0.717) is 13.2 Å². The second kappa shape index (κ2) is 23.1. The summed E-state index contributed by atoms with van der Waals surface area (Å²) in [6.07, 6.45) is 8.46. The normalized spacial score (nSPS) is 12.8. The predicted octanol–water partition coefficient (Wildman–Crippen LogP) is 2.66. The number of rotatable bonds is 12. The maximum Gasteiger partial charge on any atom is 2.00 e. The third-order valence-corrected chi connectivity index (χ3v) is 3.32. The molecule has 0 saturated heterocycles. The fraction of sp³-hybridized carbons (Fsp3) is 1.00. The van der Waals surface area contributed by atoms with Crippen LogP contribution in [0, 0.1) is 0 Å². The molecule has 0 amide bonds. The maximum absolute atomic E-state index is 9.88. The number of hydrogen-bond acceptors (Lipinski definition) is 6. The molecular weight excluding hydrogens is 361 g/mol. The van der Waals surface area contributed by atoms with Gasteiger partial charge in [-0.3, -0.25) is 0 Å². The fourth-order valence-corrected chi connectivity index (χ4v) is 1.99. The summed E-state index contributed by atoms with van der Waals surface area (Å²) in [6.45, 7) is 4.94. The van der Waals surface area contributed by atoms with Gasteiger partial charge < -0.3 is 28.0 Å². The smallest absolute Gasteiger partial charge is 0.781 e. The molecule has 6 nitrogen and oxygen atoms in total. The van der Waals surface area contributed by atoms with E-state index in [1.807, 2.05) is 0 Å². The van der Waals surface area contributed by atoms with Crippen LogP contribution in [0.2, 0.25) is 0 Å². The standard InChI is InChI=1S/2C6H15O3P.Ni/c2*1-2-3-4-5-6-9-10(7)8;/h2*10H,2-6H2,1H3,(H,7,8);/q;;+2/p-2. The Kier molecular flexibility index (Phi) is 29.3. The minimum Gasteiger partial charge on any atom is -0.781 e. The third-order valence-electron chi connectivity index (χ3n) is 2.44. The topological polar surface area (TPSA) is 98.7 Å². The Morgan fingerprint density at radius 3 is 1.29 bits per heavy atom. The van der Waals surface area contributed by atoms with Gasteiger partial charge in [-0.05, 0) is 12.8 Å². The van der Waals surface area contributed by atoms with Crippen molar-refractivity contribution in [1.82, 2.24) is 0 Å². The van der Waals surface area contributed by atoms with Crippen molar-refractivity contribution < 1.29 is 44.5 Å². The van der Waals surface area contributed by atoms with E-state index in [-0.39, 0.29) is 16.5 Å². The second-order valence-electron chi connectivity index (χ2n) is 4.32. The molecule has 0 N–H and O–H groups in total. The molecule has 0 rings (SSSR count). The minimum absolute atomic E-state index is 0. The van der Waals surface area contributed by atoms with E-state index in [2.05, 4.69) is 22.9 Å². The molecule has 0 aliphatic rings. The summed E-state index contributed by atoms with van der Waals surface area (Å²) in [4.78, 5) is 19.8. The van der Waals surface area contributed by atoms with Crippen LogP contribution in [0.5, 0.6) is 0 Å². The predicted molar refractivity (Wildman–Crippen MR) is 78.2 cm³/mol. The van der Waals surface area contributed by atoms with E-state index in [9.17, 15) is 18.9 Å². The molecular formula is C12H28NiO6P2. The zero-order valence-corrected chi connectivity index (χ0v) is 15.8. The van der Waals surface area contributed by atoms with Crippen LogP contribution in [0.3, 0.4) is 0 Å². The zero-order chi connectivity index (χ0) is 15.6. The van der Waals surface area contributed by atoms with Crippen molar-refractivity contribution in [3.8, 4) is 0 Å². The second-order valence-corrected chi connectivity index (χ2v) is 5.90. The van der Waals surface area contributed by atoms with Gasteiger partial charge in [-0.1, -0.05) is 52.4 Å². The molecule has 2 unspecified atom stereocenters. The van der Waals surface area contributed by atoms with Crippen molar-refractivity contribution in [2.75, 3.05) is 13.2 Å². The van der Waals surface area contributed by atoms with Gasteiger partial charge in [-0.25, -0.2) is 0 Å². The molecule has 0 aromatic rings. The molecule has 0 fully saturated rings. The van der Waals surface area contributed by atoms with Crippen LogP contribution in [0.25, 0.3) is 0 Å².